The van der Waals surface area contributed by atoms with Crippen LogP contribution in [0.3, 0.4) is 0 Å². The Kier molecular flexibility index (Phi) is 6.52. The molecule has 1 unspecified atom stereocenters. The van der Waals surface area contributed by atoms with Crippen LogP contribution in [0.1, 0.15) is 72.5 Å². The number of amides is 3. The highest BCUT2D eigenvalue weighted by Gasteiger charge is 2.29. The van der Waals surface area contributed by atoms with Crippen molar-refractivity contribution < 1.29 is 14.4 Å². The molecular weight excluding hydrogens is 362 g/mol. The summed E-state index contributed by atoms with van der Waals surface area (Å²) >= 11 is 1.49. The fourth-order valence-electron chi connectivity index (χ4n) is 3.87. The molecule has 0 aliphatic heterocycles. The number of thiophene rings is 1. The van der Waals surface area contributed by atoms with Crippen LogP contribution in [0.2, 0.25) is 0 Å². The van der Waals surface area contributed by atoms with E-state index >= 15 is 0 Å². The molecule has 27 heavy (non-hydrogen) atoms. The SMILES string of the molecule is CC(C)C(NC(=O)C1CCCCC1)C(=O)NNC(=O)c1cc2c(s1)CCC2. The summed E-state index contributed by atoms with van der Waals surface area (Å²) in [5.41, 5.74) is 6.23. The number of hydrogen-bond donors (Lipinski definition) is 3. The number of carbonyl (C=O) groups excluding carboxylic acids is 3. The molecule has 0 aromatic carbocycles. The third-order valence-corrected chi connectivity index (χ3v) is 6.73. The lowest BCUT2D eigenvalue weighted by Gasteiger charge is -2.26. The van der Waals surface area contributed by atoms with Crippen LogP contribution in [-0.4, -0.2) is 23.8 Å². The zero-order valence-electron chi connectivity index (χ0n) is 16.1. The lowest BCUT2D eigenvalue weighted by molar-refractivity contribution is -0.133. The molecule has 148 valence electrons. The van der Waals surface area contributed by atoms with Crippen LogP contribution in [0, 0.1) is 11.8 Å². The molecule has 7 heteroatoms. The molecule has 0 radical (unpaired) electrons. The van der Waals surface area contributed by atoms with E-state index < -0.39 is 6.04 Å². The van der Waals surface area contributed by atoms with Crippen molar-refractivity contribution in [3.8, 4) is 0 Å². The molecule has 2 aliphatic rings. The van der Waals surface area contributed by atoms with Crippen molar-refractivity contribution in [2.24, 2.45) is 11.8 Å². The van der Waals surface area contributed by atoms with Gasteiger partial charge in [-0.05, 0) is 49.7 Å². The molecular formula is C20H29N3O3S. The second kappa shape index (κ2) is 8.87. The molecule has 3 N–H and O–H groups in total. The van der Waals surface area contributed by atoms with Crippen LogP contribution in [0.5, 0.6) is 0 Å². The first-order valence-electron chi connectivity index (χ1n) is 9.98. The molecule has 3 amide bonds. The summed E-state index contributed by atoms with van der Waals surface area (Å²) in [6.45, 7) is 3.77. The van der Waals surface area contributed by atoms with Crippen LogP contribution < -0.4 is 16.2 Å². The minimum atomic E-state index is -0.659. The van der Waals surface area contributed by atoms with Crippen molar-refractivity contribution in [2.45, 2.75) is 71.3 Å². The predicted molar refractivity (Wildman–Crippen MR) is 105 cm³/mol. The Morgan fingerprint density at radius 2 is 1.78 bits per heavy atom. The molecule has 1 aromatic rings. The second-order valence-corrected chi connectivity index (χ2v) is 9.06. The number of fused-ring (bicyclic) bond motifs is 1. The molecule has 1 saturated carbocycles. The van der Waals surface area contributed by atoms with Gasteiger partial charge in [-0.1, -0.05) is 33.1 Å². The van der Waals surface area contributed by atoms with E-state index in [1.807, 2.05) is 19.9 Å². The summed E-state index contributed by atoms with van der Waals surface area (Å²) in [7, 11) is 0. The minimum absolute atomic E-state index is 0.00380. The second-order valence-electron chi connectivity index (χ2n) is 7.92. The van der Waals surface area contributed by atoms with E-state index in [0.29, 0.717) is 4.88 Å². The highest BCUT2D eigenvalue weighted by molar-refractivity contribution is 7.14. The van der Waals surface area contributed by atoms with Crippen molar-refractivity contribution in [3.63, 3.8) is 0 Å². The largest absolute Gasteiger partial charge is 0.344 e. The Morgan fingerprint density at radius 1 is 1.04 bits per heavy atom. The highest BCUT2D eigenvalue weighted by atomic mass is 32.1. The van der Waals surface area contributed by atoms with Gasteiger partial charge in [-0.3, -0.25) is 25.2 Å². The fraction of sp³-hybridized carbons (Fsp3) is 0.650. The summed E-state index contributed by atoms with van der Waals surface area (Å²) in [6, 6.07) is 1.26. The average Bonchev–Trinajstić information content (AvgIpc) is 3.26. The van der Waals surface area contributed by atoms with Gasteiger partial charge in [0, 0.05) is 10.8 Å². The summed E-state index contributed by atoms with van der Waals surface area (Å²) in [5, 5.41) is 2.88. The van der Waals surface area contributed by atoms with E-state index in [1.165, 1.54) is 28.2 Å². The van der Waals surface area contributed by atoms with E-state index in [1.54, 1.807) is 0 Å². The summed E-state index contributed by atoms with van der Waals surface area (Å²) in [6.07, 6.45) is 8.29. The Hall–Kier alpha value is -1.89. The Morgan fingerprint density at radius 3 is 2.44 bits per heavy atom. The minimum Gasteiger partial charge on any atom is -0.344 e. The van der Waals surface area contributed by atoms with Gasteiger partial charge in [-0.15, -0.1) is 11.3 Å². The smallest absolute Gasteiger partial charge is 0.279 e. The standard InChI is InChI=1S/C20H29N3O3S/c1-12(2)17(21-18(24)13-7-4-3-5-8-13)20(26)23-22-19(25)16-11-14-9-6-10-15(14)27-16/h11-13,17H,3-10H2,1-2H3,(H,21,24)(H,22,25)(H,23,26). The van der Waals surface area contributed by atoms with E-state index in [2.05, 4.69) is 16.2 Å². The van der Waals surface area contributed by atoms with Gasteiger partial charge in [0.25, 0.3) is 11.8 Å². The number of aryl methyl sites for hydroxylation is 2. The maximum atomic E-state index is 12.5. The van der Waals surface area contributed by atoms with Crippen molar-refractivity contribution in [2.75, 3.05) is 0 Å². The van der Waals surface area contributed by atoms with Gasteiger partial charge in [-0.2, -0.15) is 0 Å². The molecule has 1 heterocycles. The van der Waals surface area contributed by atoms with Gasteiger partial charge in [0.1, 0.15) is 6.04 Å². The maximum absolute atomic E-state index is 12.5. The van der Waals surface area contributed by atoms with E-state index in [-0.39, 0.29) is 29.6 Å². The quantitative estimate of drug-likeness (QED) is 0.675. The average molecular weight is 392 g/mol. The first-order chi connectivity index (χ1) is 13.0. The normalized spacial score (nSPS) is 18.0. The Labute approximate surface area is 164 Å². The molecule has 3 rings (SSSR count). The van der Waals surface area contributed by atoms with Gasteiger partial charge in [0.2, 0.25) is 5.91 Å². The zero-order chi connectivity index (χ0) is 19.4. The van der Waals surface area contributed by atoms with E-state index in [9.17, 15) is 14.4 Å². The lowest BCUT2D eigenvalue weighted by atomic mass is 9.88. The van der Waals surface area contributed by atoms with Crippen LogP contribution in [0.25, 0.3) is 0 Å². The number of hydrazine groups is 1. The summed E-state index contributed by atoms with van der Waals surface area (Å²) < 4.78 is 0. The zero-order valence-corrected chi connectivity index (χ0v) is 16.9. The first-order valence-corrected chi connectivity index (χ1v) is 10.8. The van der Waals surface area contributed by atoms with E-state index in [4.69, 9.17) is 0 Å². The Bertz CT molecular complexity index is 686. The predicted octanol–water partition coefficient (Wildman–Crippen LogP) is 2.72. The lowest BCUT2D eigenvalue weighted by Crippen LogP contribution is -2.55. The summed E-state index contributed by atoms with van der Waals surface area (Å²) in [4.78, 5) is 39.2. The van der Waals surface area contributed by atoms with E-state index in [0.717, 1.165) is 44.9 Å². The van der Waals surface area contributed by atoms with Gasteiger partial charge in [-0.25, -0.2) is 0 Å². The third kappa shape index (κ3) is 4.89. The molecule has 0 bridgehead atoms. The van der Waals surface area contributed by atoms with Gasteiger partial charge >= 0.3 is 0 Å². The molecule has 1 fully saturated rings. The van der Waals surface area contributed by atoms with Crippen molar-refractivity contribution in [1.29, 1.82) is 0 Å². The van der Waals surface area contributed by atoms with Crippen molar-refractivity contribution in [1.82, 2.24) is 16.2 Å². The summed E-state index contributed by atoms with van der Waals surface area (Å²) in [5.74, 6) is -0.809. The monoisotopic (exact) mass is 391 g/mol. The van der Waals surface area contributed by atoms with Gasteiger partial charge in [0.05, 0.1) is 4.88 Å². The number of rotatable bonds is 5. The number of carbonyl (C=O) groups is 3. The van der Waals surface area contributed by atoms with Crippen LogP contribution in [-0.2, 0) is 22.4 Å². The molecule has 0 saturated heterocycles. The Balaban J connectivity index is 1.53. The van der Waals surface area contributed by atoms with Crippen LogP contribution >= 0.6 is 11.3 Å². The van der Waals surface area contributed by atoms with Gasteiger partial charge in [0.15, 0.2) is 0 Å². The number of nitrogens with one attached hydrogen (secondary N) is 3. The van der Waals surface area contributed by atoms with Gasteiger partial charge < -0.3 is 5.32 Å². The molecule has 2 aliphatic carbocycles. The third-order valence-electron chi connectivity index (χ3n) is 5.49. The van der Waals surface area contributed by atoms with Crippen LogP contribution in [0.15, 0.2) is 6.07 Å². The van der Waals surface area contributed by atoms with Crippen LogP contribution in [0.4, 0.5) is 0 Å². The molecule has 0 spiro atoms. The fourth-order valence-corrected chi connectivity index (χ4v) is 5.02. The van der Waals surface area contributed by atoms with Crippen molar-refractivity contribution in [3.05, 3.63) is 21.4 Å². The number of hydrogen-bond acceptors (Lipinski definition) is 4. The maximum Gasteiger partial charge on any atom is 0.279 e. The molecule has 1 atom stereocenters. The molecule has 1 aromatic heterocycles. The molecule has 6 nitrogen and oxygen atoms in total. The highest BCUT2D eigenvalue weighted by Crippen LogP contribution is 2.30. The topological polar surface area (TPSA) is 87.3 Å². The van der Waals surface area contributed by atoms with Crippen molar-refractivity contribution >= 4 is 29.1 Å². The first kappa shape index (κ1) is 19.9.